The highest BCUT2D eigenvalue weighted by atomic mass is 35.5. The van der Waals surface area contributed by atoms with Gasteiger partial charge in [0.25, 0.3) is 0 Å². The van der Waals surface area contributed by atoms with E-state index in [9.17, 15) is 18.7 Å². The Balaban J connectivity index is 1.90. The summed E-state index contributed by atoms with van der Waals surface area (Å²) in [6.45, 7) is 1.78. The highest BCUT2D eigenvalue weighted by Crippen LogP contribution is 2.31. The Kier molecular flexibility index (Phi) is 8.31. The van der Waals surface area contributed by atoms with E-state index >= 15 is 0 Å². The van der Waals surface area contributed by atoms with Gasteiger partial charge >= 0.3 is 0 Å². The summed E-state index contributed by atoms with van der Waals surface area (Å²) in [5.41, 5.74) is 1.83. The predicted octanol–water partition coefficient (Wildman–Crippen LogP) is 5.38. The van der Waals surface area contributed by atoms with Crippen LogP contribution >= 0.6 is 23.4 Å². The van der Waals surface area contributed by atoms with Gasteiger partial charge in [-0.1, -0.05) is 16.8 Å². The first-order valence-corrected chi connectivity index (χ1v) is 9.80. The van der Waals surface area contributed by atoms with E-state index in [2.05, 4.69) is 5.16 Å². The number of hydrogen-bond donors (Lipinski definition) is 1. The fraction of sp³-hybridized carbons (Fsp3) is 0.368. The van der Waals surface area contributed by atoms with Crippen LogP contribution in [0.5, 0.6) is 0 Å². The van der Waals surface area contributed by atoms with E-state index in [1.807, 2.05) is 0 Å². The quantitative estimate of drug-likeness (QED) is 0.268. The third-order valence-electron chi connectivity index (χ3n) is 4.03. The number of nitrogens with zero attached hydrogens (tertiary/aromatic N) is 1. The zero-order valence-electron chi connectivity index (χ0n) is 14.8. The lowest BCUT2D eigenvalue weighted by Gasteiger charge is -2.23. The summed E-state index contributed by atoms with van der Waals surface area (Å²) in [7, 11) is 0. The number of ketones is 1. The molecule has 146 valence electrons. The van der Waals surface area contributed by atoms with Crippen molar-refractivity contribution in [3.63, 3.8) is 0 Å². The molecule has 0 radical (unpaired) electrons. The molecule has 0 saturated carbocycles. The molecule has 0 aliphatic heterocycles. The topological polar surface area (TPSA) is 58.9 Å². The Hall–Kier alpha value is -1.86. The second-order valence-electron chi connectivity index (χ2n) is 6.07. The summed E-state index contributed by atoms with van der Waals surface area (Å²) < 4.78 is 26.1. The Morgan fingerprint density at radius 2 is 2.19 bits per heavy atom. The molecule has 0 saturated heterocycles. The molecule has 0 spiro atoms. The summed E-state index contributed by atoms with van der Waals surface area (Å²) in [5, 5.41) is 14.1. The average Bonchev–Trinajstić information content (AvgIpc) is 2.61. The molecule has 0 heterocycles. The molecule has 27 heavy (non-hydrogen) atoms. The summed E-state index contributed by atoms with van der Waals surface area (Å²) in [6, 6.07) is 3.76. The van der Waals surface area contributed by atoms with Crippen molar-refractivity contribution in [2.45, 2.75) is 31.1 Å². The number of benzene rings is 1. The number of thioether (sulfide) groups is 1. The molecule has 1 atom stereocenters. The van der Waals surface area contributed by atoms with E-state index in [0.29, 0.717) is 35.6 Å². The van der Waals surface area contributed by atoms with Crippen molar-refractivity contribution in [2.75, 3.05) is 12.4 Å². The van der Waals surface area contributed by atoms with Crippen LogP contribution in [-0.2, 0) is 9.63 Å². The third-order valence-corrected chi connectivity index (χ3v) is 5.24. The molecule has 1 unspecified atom stereocenters. The van der Waals surface area contributed by atoms with Gasteiger partial charge in [0.05, 0.1) is 11.3 Å². The molecule has 0 aromatic heterocycles. The van der Waals surface area contributed by atoms with Crippen LogP contribution in [0, 0.1) is 17.6 Å². The fourth-order valence-electron chi connectivity index (χ4n) is 2.76. The minimum Gasteiger partial charge on any atom is -0.511 e. The highest BCUT2D eigenvalue weighted by Gasteiger charge is 2.29. The molecule has 2 rings (SSSR count). The molecule has 8 heteroatoms. The average molecular weight is 416 g/mol. The second kappa shape index (κ2) is 10.5. The van der Waals surface area contributed by atoms with Crippen LogP contribution in [0.15, 0.2) is 51.2 Å². The number of halogens is 3. The minimum atomic E-state index is -0.878. The van der Waals surface area contributed by atoms with Crippen molar-refractivity contribution in [1.29, 1.82) is 0 Å². The number of Topliss-reactive ketones (excluding diaryl/α,β-unsaturated/α-hetero) is 1. The maximum atomic E-state index is 13.2. The van der Waals surface area contributed by atoms with Crippen LogP contribution in [0.25, 0.3) is 0 Å². The van der Waals surface area contributed by atoms with Crippen molar-refractivity contribution in [3.05, 3.63) is 52.8 Å². The van der Waals surface area contributed by atoms with Crippen molar-refractivity contribution in [2.24, 2.45) is 11.1 Å². The lowest BCUT2D eigenvalue weighted by atomic mass is 9.84. The molecular weight excluding hydrogens is 396 g/mol. The first-order valence-electron chi connectivity index (χ1n) is 8.37. The van der Waals surface area contributed by atoms with Gasteiger partial charge in [0.15, 0.2) is 17.4 Å². The summed E-state index contributed by atoms with van der Waals surface area (Å²) in [5.74, 6) is -1.30. The molecule has 1 aromatic carbocycles. The van der Waals surface area contributed by atoms with E-state index in [-0.39, 0.29) is 29.6 Å². The number of oxime groups is 1. The van der Waals surface area contributed by atoms with Gasteiger partial charge in [0, 0.05) is 23.3 Å². The molecule has 0 bridgehead atoms. The smallest absolute Gasteiger partial charge is 0.168 e. The molecule has 1 aliphatic rings. The first-order chi connectivity index (χ1) is 12.9. The van der Waals surface area contributed by atoms with Crippen LogP contribution in [0.1, 0.15) is 26.2 Å². The first kappa shape index (κ1) is 21.4. The van der Waals surface area contributed by atoms with Gasteiger partial charge in [-0.05, 0) is 49.3 Å². The molecule has 1 aliphatic carbocycles. The van der Waals surface area contributed by atoms with Gasteiger partial charge in [0.2, 0.25) is 0 Å². The van der Waals surface area contributed by atoms with E-state index < -0.39 is 11.6 Å². The Labute approximate surface area is 165 Å². The maximum Gasteiger partial charge on any atom is 0.168 e. The third kappa shape index (κ3) is 6.36. The second-order valence-corrected chi connectivity index (χ2v) is 7.49. The largest absolute Gasteiger partial charge is 0.511 e. The van der Waals surface area contributed by atoms with Crippen molar-refractivity contribution >= 4 is 34.9 Å². The van der Waals surface area contributed by atoms with Gasteiger partial charge in [-0.3, -0.25) is 4.79 Å². The lowest BCUT2D eigenvalue weighted by Crippen LogP contribution is -2.24. The maximum absolute atomic E-state index is 13.2. The van der Waals surface area contributed by atoms with Crippen LogP contribution in [0.2, 0.25) is 0 Å². The zero-order valence-corrected chi connectivity index (χ0v) is 16.3. The minimum absolute atomic E-state index is 0.00631. The molecule has 4 nitrogen and oxygen atoms in total. The zero-order chi connectivity index (χ0) is 19.8. The van der Waals surface area contributed by atoms with Gasteiger partial charge in [-0.2, -0.15) is 0 Å². The van der Waals surface area contributed by atoms with Gasteiger partial charge in [-0.15, -0.1) is 11.8 Å². The molecule has 0 fully saturated rings. The Morgan fingerprint density at radius 1 is 1.41 bits per heavy atom. The normalized spacial score (nSPS) is 18.4. The number of hydrogen-bond acceptors (Lipinski definition) is 5. The Morgan fingerprint density at radius 3 is 2.85 bits per heavy atom. The molecule has 0 amide bonds. The van der Waals surface area contributed by atoms with E-state index in [0.717, 1.165) is 12.1 Å². The van der Waals surface area contributed by atoms with Crippen LogP contribution in [0.3, 0.4) is 0 Å². The van der Waals surface area contributed by atoms with Crippen molar-refractivity contribution < 1.29 is 23.5 Å². The Bertz CT molecular complexity index is 780. The number of aliphatic hydroxyl groups excluding tert-OH is 1. The van der Waals surface area contributed by atoms with Gasteiger partial charge < -0.3 is 9.94 Å². The fourth-order valence-corrected chi connectivity index (χ4v) is 3.87. The SMILES string of the molecule is CC(=NOCC=CCl)C1=C(O)CC(CCSc2ccc(F)c(F)c2)CC1=O. The number of rotatable bonds is 8. The lowest BCUT2D eigenvalue weighted by molar-refractivity contribution is -0.116. The number of carbonyl (C=O) groups is 1. The van der Waals surface area contributed by atoms with E-state index in [1.54, 1.807) is 13.0 Å². The monoisotopic (exact) mass is 415 g/mol. The molecular formula is C19H20ClF2NO3S. The van der Waals surface area contributed by atoms with Gasteiger partial charge in [-0.25, -0.2) is 8.78 Å². The highest BCUT2D eigenvalue weighted by molar-refractivity contribution is 7.99. The molecule has 1 N–H and O–H groups in total. The van der Waals surface area contributed by atoms with Crippen LogP contribution < -0.4 is 0 Å². The summed E-state index contributed by atoms with van der Waals surface area (Å²) in [6.07, 6.45) is 2.88. The summed E-state index contributed by atoms with van der Waals surface area (Å²) in [4.78, 5) is 18.0. The number of allylic oxidation sites excluding steroid dienone is 2. The van der Waals surface area contributed by atoms with Crippen molar-refractivity contribution in [3.8, 4) is 0 Å². The van der Waals surface area contributed by atoms with E-state index in [4.69, 9.17) is 16.4 Å². The van der Waals surface area contributed by atoms with Crippen LogP contribution in [-0.4, -0.2) is 29.0 Å². The number of aliphatic hydroxyl groups is 1. The summed E-state index contributed by atoms with van der Waals surface area (Å²) >= 11 is 6.76. The van der Waals surface area contributed by atoms with Crippen LogP contribution in [0.4, 0.5) is 8.78 Å². The van der Waals surface area contributed by atoms with Gasteiger partial charge in [0.1, 0.15) is 12.4 Å². The molecule has 1 aromatic rings. The van der Waals surface area contributed by atoms with E-state index in [1.165, 1.54) is 23.4 Å². The van der Waals surface area contributed by atoms with Crippen molar-refractivity contribution in [1.82, 2.24) is 0 Å². The predicted molar refractivity (Wildman–Crippen MR) is 103 cm³/mol. The standard InChI is InChI=1S/C19H20ClF2NO3S/c1-12(23-26-7-2-6-20)19-17(24)9-13(10-18(19)25)5-8-27-14-3-4-15(21)16(22)11-14/h2-4,6,11,13,24H,5,7-10H2,1H3. The number of carbonyl (C=O) groups excluding carboxylic acids is 1.